The number of nitrogen functional groups attached to an aromatic ring is 1. The van der Waals surface area contributed by atoms with Crippen LogP contribution in [0.2, 0.25) is 0 Å². The van der Waals surface area contributed by atoms with Crippen LogP contribution in [0.5, 0.6) is 5.88 Å². The Morgan fingerprint density at radius 1 is 1.28 bits per heavy atom. The van der Waals surface area contributed by atoms with Crippen molar-refractivity contribution in [3.8, 4) is 5.88 Å². The number of amidine groups is 1. The molecule has 5 heteroatoms. The Kier molecular flexibility index (Phi) is 5.07. The van der Waals surface area contributed by atoms with E-state index < -0.39 is 0 Å². The Balaban J connectivity index is 3.21. The third-order valence-corrected chi connectivity index (χ3v) is 2.64. The molecule has 0 aliphatic rings. The van der Waals surface area contributed by atoms with Crippen LogP contribution < -0.4 is 10.5 Å². The lowest BCUT2D eigenvalue weighted by Crippen LogP contribution is -2.20. The summed E-state index contributed by atoms with van der Waals surface area (Å²) in [6.45, 7) is 8.70. The molecule has 0 spiro atoms. The topological polar surface area (TPSA) is 84.9 Å². The molecule has 0 aromatic carbocycles. The van der Waals surface area contributed by atoms with Crippen molar-refractivity contribution >= 4 is 5.84 Å². The summed E-state index contributed by atoms with van der Waals surface area (Å²) in [4.78, 5) is 0. The van der Waals surface area contributed by atoms with E-state index in [0.717, 1.165) is 24.1 Å². The van der Waals surface area contributed by atoms with Crippen LogP contribution in [-0.2, 0) is 12.8 Å². The van der Waals surface area contributed by atoms with Gasteiger partial charge in [0, 0.05) is 0 Å². The van der Waals surface area contributed by atoms with E-state index in [1.165, 1.54) is 0 Å². The molecule has 0 bridgehead atoms. The molecule has 1 rings (SSSR count). The minimum Gasteiger partial charge on any atom is -0.476 e. The molecule has 18 heavy (non-hydrogen) atoms. The van der Waals surface area contributed by atoms with Gasteiger partial charge in [-0.3, -0.25) is 5.41 Å². The summed E-state index contributed by atoms with van der Waals surface area (Å²) in [7, 11) is 0. The summed E-state index contributed by atoms with van der Waals surface area (Å²) < 4.78 is 5.61. The van der Waals surface area contributed by atoms with E-state index in [2.05, 4.69) is 24.0 Å². The van der Waals surface area contributed by atoms with Gasteiger partial charge in [0.15, 0.2) is 0 Å². The minimum atomic E-state index is -0.00444. The predicted molar refractivity (Wildman–Crippen MR) is 72.1 cm³/mol. The maximum Gasteiger partial charge on any atom is 0.244 e. The Morgan fingerprint density at radius 3 is 2.39 bits per heavy atom. The molecule has 1 aromatic rings. The normalized spacial score (nSPS) is 10.7. The van der Waals surface area contributed by atoms with Gasteiger partial charge in [-0.1, -0.05) is 27.7 Å². The van der Waals surface area contributed by atoms with Gasteiger partial charge < -0.3 is 10.5 Å². The second-order valence-electron chi connectivity index (χ2n) is 4.63. The number of hydrogen-bond acceptors (Lipinski definition) is 4. The van der Waals surface area contributed by atoms with E-state index >= 15 is 0 Å². The monoisotopic (exact) mass is 250 g/mol. The van der Waals surface area contributed by atoms with Crippen LogP contribution in [0.4, 0.5) is 0 Å². The van der Waals surface area contributed by atoms with Crippen molar-refractivity contribution in [2.45, 2.75) is 40.5 Å². The van der Waals surface area contributed by atoms with Crippen LogP contribution >= 0.6 is 0 Å². The molecule has 0 radical (unpaired) electrons. The van der Waals surface area contributed by atoms with E-state index in [4.69, 9.17) is 15.9 Å². The standard InChI is InChI=1S/C13H22N4O/c1-5-9-10(6-2)16-17-13(11(9)12(14)15)18-7-8(3)4/h8H,5-7H2,1-4H3,(H3,14,15). The Morgan fingerprint density at radius 2 is 1.94 bits per heavy atom. The van der Waals surface area contributed by atoms with Crippen molar-refractivity contribution in [2.24, 2.45) is 11.7 Å². The van der Waals surface area contributed by atoms with Gasteiger partial charge >= 0.3 is 0 Å². The highest BCUT2D eigenvalue weighted by molar-refractivity contribution is 5.98. The second kappa shape index (κ2) is 6.33. The summed E-state index contributed by atoms with van der Waals surface area (Å²) in [6, 6.07) is 0. The number of ether oxygens (including phenoxy) is 1. The smallest absolute Gasteiger partial charge is 0.244 e. The van der Waals surface area contributed by atoms with Gasteiger partial charge in [-0.25, -0.2) is 0 Å². The van der Waals surface area contributed by atoms with Gasteiger partial charge in [0.2, 0.25) is 5.88 Å². The minimum absolute atomic E-state index is 0.00444. The first-order chi connectivity index (χ1) is 8.51. The van der Waals surface area contributed by atoms with Gasteiger partial charge in [0.25, 0.3) is 0 Å². The molecule has 0 aliphatic carbocycles. The zero-order chi connectivity index (χ0) is 13.7. The molecule has 100 valence electrons. The second-order valence-corrected chi connectivity index (χ2v) is 4.63. The fourth-order valence-corrected chi connectivity index (χ4v) is 1.78. The van der Waals surface area contributed by atoms with Crippen LogP contribution in [0.15, 0.2) is 0 Å². The summed E-state index contributed by atoms with van der Waals surface area (Å²) in [6.07, 6.45) is 1.55. The number of nitrogens with two attached hydrogens (primary N) is 1. The Bertz CT molecular complexity index is 429. The van der Waals surface area contributed by atoms with Gasteiger partial charge in [0.1, 0.15) is 5.84 Å². The van der Waals surface area contributed by atoms with Gasteiger partial charge in [-0.2, -0.15) is 5.10 Å². The largest absolute Gasteiger partial charge is 0.476 e. The average Bonchev–Trinajstić information content (AvgIpc) is 2.34. The Hall–Kier alpha value is -1.65. The van der Waals surface area contributed by atoms with Crippen LogP contribution in [0.25, 0.3) is 0 Å². The number of hydrogen-bond donors (Lipinski definition) is 2. The number of nitrogens with one attached hydrogen (secondary N) is 1. The third kappa shape index (κ3) is 3.18. The third-order valence-electron chi connectivity index (χ3n) is 2.64. The highest BCUT2D eigenvalue weighted by atomic mass is 16.5. The zero-order valence-corrected chi connectivity index (χ0v) is 11.6. The van der Waals surface area contributed by atoms with Crippen LogP contribution in [-0.4, -0.2) is 22.6 Å². The van der Waals surface area contributed by atoms with Crippen LogP contribution in [0.1, 0.15) is 44.5 Å². The van der Waals surface area contributed by atoms with Crippen LogP contribution in [0.3, 0.4) is 0 Å². The average molecular weight is 250 g/mol. The number of aryl methyl sites for hydroxylation is 1. The van der Waals surface area contributed by atoms with E-state index in [0.29, 0.717) is 24.0 Å². The van der Waals surface area contributed by atoms with E-state index in [1.54, 1.807) is 0 Å². The molecular weight excluding hydrogens is 228 g/mol. The number of nitrogens with zero attached hydrogens (tertiary/aromatic N) is 2. The zero-order valence-electron chi connectivity index (χ0n) is 11.6. The van der Waals surface area contributed by atoms with Crippen molar-refractivity contribution in [1.29, 1.82) is 5.41 Å². The predicted octanol–water partition coefficient (Wildman–Crippen LogP) is 1.92. The van der Waals surface area contributed by atoms with E-state index in [1.807, 2.05) is 13.8 Å². The van der Waals surface area contributed by atoms with Crippen molar-refractivity contribution in [3.05, 3.63) is 16.8 Å². The lowest BCUT2D eigenvalue weighted by Gasteiger charge is -2.15. The van der Waals surface area contributed by atoms with Gasteiger partial charge in [-0.05, 0) is 24.3 Å². The number of rotatable bonds is 6. The summed E-state index contributed by atoms with van der Waals surface area (Å²) in [5.74, 6) is 0.767. The molecule has 1 heterocycles. The molecule has 3 N–H and O–H groups in total. The maximum absolute atomic E-state index is 7.71. The molecular formula is C13H22N4O. The fraction of sp³-hybridized carbons (Fsp3) is 0.615. The first-order valence-corrected chi connectivity index (χ1v) is 6.36. The molecule has 0 saturated heterocycles. The lowest BCUT2D eigenvalue weighted by molar-refractivity contribution is 0.257. The van der Waals surface area contributed by atoms with Crippen molar-refractivity contribution in [2.75, 3.05) is 6.61 Å². The van der Waals surface area contributed by atoms with Crippen molar-refractivity contribution in [3.63, 3.8) is 0 Å². The molecule has 0 fully saturated rings. The molecule has 0 saturated carbocycles. The van der Waals surface area contributed by atoms with Gasteiger partial charge in [-0.15, -0.1) is 5.10 Å². The lowest BCUT2D eigenvalue weighted by atomic mass is 10.0. The highest BCUT2D eigenvalue weighted by Crippen LogP contribution is 2.22. The molecule has 0 aliphatic heterocycles. The molecule has 0 unspecified atom stereocenters. The Labute approximate surface area is 108 Å². The summed E-state index contributed by atoms with van der Waals surface area (Å²) >= 11 is 0. The quantitative estimate of drug-likeness (QED) is 0.596. The summed E-state index contributed by atoms with van der Waals surface area (Å²) in [5, 5.41) is 15.9. The first-order valence-electron chi connectivity index (χ1n) is 6.36. The highest BCUT2D eigenvalue weighted by Gasteiger charge is 2.18. The van der Waals surface area contributed by atoms with Crippen LogP contribution in [0, 0.1) is 11.3 Å². The molecule has 0 amide bonds. The number of aromatic nitrogens is 2. The summed E-state index contributed by atoms with van der Waals surface area (Å²) in [5.41, 5.74) is 8.12. The SMILES string of the molecule is CCc1nnc(OCC(C)C)c(C(=N)N)c1CC. The van der Waals surface area contributed by atoms with E-state index in [9.17, 15) is 0 Å². The molecule has 0 atom stereocenters. The van der Waals surface area contributed by atoms with Crippen molar-refractivity contribution < 1.29 is 4.74 Å². The first kappa shape index (κ1) is 14.4. The maximum atomic E-state index is 7.71. The molecule has 1 aromatic heterocycles. The molecule has 5 nitrogen and oxygen atoms in total. The fourth-order valence-electron chi connectivity index (χ4n) is 1.78. The van der Waals surface area contributed by atoms with Gasteiger partial charge in [0.05, 0.1) is 17.9 Å². The van der Waals surface area contributed by atoms with E-state index in [-0.39, 0.29) is 5.84 Å². The van der Waals surface area contributed by atoms with Crippen molar-refractivity contribution in [1.82, 2.24) is 10.2 Å².